The van der Waals surface area contributed by atoms with Crippen molar-refractivity contribution in [3.63, 3.8) is 0 Å². The van der Waals surface area contributed by atoms with E-state index in [2.05, 4.69) is 31.1 Å². The van der Waals surface area contributed by atoms with Gasteiger partial charge in [-0.25, -0.2) is 0 Å². The molecule has 0 saturated heterocycles. The molecule has 0 aliphatic heterocycles. The summed E-state index contributed by atoms with van der Waals surface area (Å²) in [6, 6.07) is 4.58. The third-order valence-corrected chi connectivity index (χ3v) is 3.14. The van der Waals surface area contributed by atoms with Crippen LogP contribution in [0.2, 0.25) is 0 Å². The summed E-state index contributed by atoms with van der Waals surface area (Å²) in [5.74, 6) is 1.04. The fourth-order valence-electron chi connectivity index (χ4n) is 1.85. The first kappa shape index (κ1) is 14.3. The van der Waals surface area contributed by atoms with Crippen LogP contribution in [0.1, 0.15) is 38.9 Å². The molecule has 3 nitrogen and oxygen atoms in total. The molecule has 0 radical (unpaired) electrons. The lowest BCUT2D eigenvalue weighted by molar-refractivity contribution is 0.217. The van der Waals surface area contributed by atoms with Crippen molar-refractivity contribution in [3.8, 4) is 0 Å². The average Bonchev–Trinajstić information content (AvgIpc) is 2.81. The molecule has 0 saturated carbocycles. The lowest BCUT2D eigenvalue weighted by Crippen LogP contribution is -2.29. The van der Waals surface area contributed by atoms with E-state index >= 15 is 0 Å². The lowest BCUT2D eigenvalue weighted by atomic mass is 10.1. The SMILES string of the molecule is CCCNCCCC(C)N(C)Cc1ccco1. The molecule has 0 bridgehead atoms. The van der Waals surface area contributed by atoms with Crippen LogP contribution in [0.15, 0.2) is 22.8 Å². The van der Waals surface area contributed by atoms with Gasteiger partial charge in [-0.05, 0) is 58.5 Å². The molecule has 0 aromatic carbocycles. The average molecular weight is 238 g/mol. The zero-order chi connectivity index (χ0) is 12.5. The van der Waals surface area contributed by atoms with E-state index in [4.69, 9.17) is 4.42 Å². The Kier molecular flexibility index (Phi) is 6.97. The van der Waals surface area contributed by atoms with Crippen LogP contribution in [-0.2, 0) is 6.54 Å². The molecular weight excluding hydrogens is 212 g/mol. The highest BCUT2D eigenvalue weighted by atomic mass is 16.3. The molecular formula is C14H26N2O. The Balaban J connectivity index is 2.11. The van der Waals surface area contributed by atoms with Crippen molar-refractivity contribution in [2.24, 2.45) is 0 Å². The number of hydrogen-bond donors (Lipinski definition) is 1. The van der Waals surface area contributed by atoms with E-state index in [1.54, 1.807) is 6.26 Å². The summed E-state index contributed by atoms with van der Waals surface area (Å²) in [7, 11) is 2.16. The minimum atomic E-state index is 0.600. The van der Waals surface area contributed by atoms with Crippen molar-refractivity contribution in [2.75, 3.05) is 20.1 Å². The van der Waals surface area contributed by atoms with Crippen molar-refractivity contribution in [2.45, 2.75) is 45.7 Å². The largest absolute Gasteiger partial charge is 0.468 e. The molecule has 1 unspecified atom stereocenters. The Morgan fingerprint density at radius 2 is 2.24 bits per heavy atom. The first-order chi connectivity index (χ1) is 8.24. The first-order valence-corrected chi connectivity index (χ1v) is 6.67. The highest BCUT2D eigenvalue weighted by Crippen LogP contribution is 2.10. The molecule has 3 heteroatoms. The van der Waals surface area contributed by atoms with Gasteiger partial charge >= 0.3 is 0 Å². The standard InChI is InChI=1S/C14H26N2O/c1-4-9-15-10-5-7-13(2)16(3)12-14-8-6-11-17-14/h6,8,11,13,15H,4-5,7,9-10,12H2,1-3H3. The molecule has 1 aromatic heterocycles. The number of furan rings is 1. The van der Waals surface area contributed by atoms with Gasteiger partial charge < -0.3 is 9.73 Å². The Morgan fingerprint density at radius 3 is 2.88 bits per heavy atom. The van der Waals surface area contributed by atoms with E-state index in [0.29, 0.717) is 6.04 Å². The van der Waals surface area contributed by atoms with E-state index in [1.165, 1.54) is 19.3 Å². The highest BCUT2D eigenvalue weighted by molar-refractivity contribution is 4.97. The summed E-state index contributed by atoms with van der Waals surface area (Å²) < 4.78 is 5.36. The van der Waals surface area contributed by atoms with Crippen LogP contribution in [0, 0.1) is 0 Å². The van der Waals surface area contributed by atoms with Crippen LogP contribution >= 0.6 is 0 Å². The van der Waals surface area contributed by atoms with E-state index in [9.17, 15) is 0 Å². The fourth-order valence-corrected chi connectivity index (χ4v) is 1.85. The molecule has 1 N–H and O–H groups in total. The Hall–Kier alpha value is -0.800. The molecule has 1 heterocycles. The molecule has 1 rings (SSSR count). The maximum absolute atomic E-state index is 5.36. The molecule has 98 valence electrons. The monoisotopic (exact) mass is 238 g/mol. The second-order valence-corrected chi connectivity index (χ2v) is 4.74. The van der Waals surface area contributed by atoms with Crippen LogP contribution in [0.3, 0.4) is 0 Å². The summed E-state index contributed by atoms with van der Waals surface area (Å²) in [6.07, 6.45) is 5.42. The summed E-state index contributed by atoms with van der Waals surface area (Å²) in [5.41, 5.74) is 0. The lowest BCUT2D eigenvalue weighted by Gasteiger charge is -2.23. The number of hydrogen-bond acceptors (Lipinski definition) is 3. The Morgan fingerprint density at radius 1 is 1.41 bits per heavy atom. The molecule has 0 aliphatic rings. The molecule has 1 atom stereocenters. The van der Waals surface area contributed by atoms with Crippen LogP contribution in [0.5, 0.6) is 0 Å². The van der Waals surface area contributed by atoms with E-state index in [-0.39, 0.29) is 0 Å². The van der Waals surface area contributed by atoms with Gasteiger partial charge in [0.25, 0.3) is 0 Å². The molecule has 0 spiro atoms. The second kappa shape index (κ2) is 8.31. The normalized spacial score (nSPS) is 13.2. The van der Waals surface area contributed by atoms with Gasteiger partial charge in [0.05, 0.1) is 12.8 Å². The van der Waals surface area contributed by atoms with Gasteiger partial charge in [0.2, 0.25) is 0 Å². The van der Waals surface area contributed by atoms with Crippen LogP contribution in [0.4, 0.5) is 0 Å². The third-order valence-electron chi connectivity index (χ3n) is 3.14. The Bertz CT molecular complexity index is 272. The van der Waals surface area contributed by atoms with E-state index in [1.807, 2.05) is 12.1 Å². The molecule has 1 aromatic rings. The minimum Gasteiger partial charge on any atom is -0.468 e. The predicted molar refractivity (Wildman–Crippen MR) is 72.0 cm³/mol. The smallest absolute Gasteiger partial charge is 0.117 e. The first-order valence-electron chi connectivity index (χ1n) is 6.67. The summed E-state index contributed by atoms with van der Waals surface area (Å²) in [5, 5.41) is 3.44. The van der Waals surface area contributed by atoms with Crippen LogP contribution in [0.25, 0.3) is 0 Å². The quantitative estimate of drug-likeness (QED) is 0.671. The topological polar surface area (TPSA) is 28.4 Å². The Labute approximate surface area is 105 Å². The number of nitrogens with one attached hydrogen (secondary N) is 1. The zero-order valence-electron chi connectivity index (χ0n) is 11.4. The summed E-state index contributed by atoms with van der Waals surface area (Å²) in [4.78, 5) is 2.35. The van der Waals surface area contributed by atoms with E-state index < -0.39 is 0 Å². The summed E-state index contributed by atoms with van der Waals surface area (Å²) in [6.45, 7) is 7.65. The molecule has 17 heavy (non-hydrogen) atoms. The van der Waals surface area contributed by atoms with Crippen LogP contribution in [-0.4, -0.2) is 31.1 Å². The second-order valence-electron chi connectivity index (χ2n) is 4.74. The predicted octanol–water partition coefficient (Wildman–Crippen LogP) is 2.88. The van der Waals surface area contributed by atoms with Gasteiger partial charge in [-0.15, -0.1) is 0 Å². The van der Waals surface area contributed by atoms with Crippen molar-refractivity contribution in [1.82, 2.24) is 10.2 Å². The number of nitrogens with zero attached hydrogens (tertiary/aromatic N) is 1. The van der Waals surface area contributed by atoms with E-state index in [0.717, 1.165) is 25.4 Å². The third kappa shape index (κ3) is 5.89. The molecule has 0 amide bonds. The molecule has 0 aliphatic carbocycles. The van der Waals surface area contributed by atoms with Crippen molar-refractivity contribution >= 4 is 0 Å². The molecule has 0 fully saturated rings. The van der Waals surface area contributed by atoms with Gasteiger partial charge in [0, 0.05) is 6.04 Å². The summed E-state index contributed by atoms with van der Waals surface area (Å²) >= 11 is 0. The van der Waals surface area contributed by atoms with Crippen molar-refractivity contribution in [3.05, 3.63) is 24.2 Å². The maximum atomic E-state index is 5.36. The fraction of sp³-hybridized carbons (Fsp3) is 0.714. The number of rotatable bonds is 9. The van der Waals surface area contributed by atoms with Crippen molar-refractivity contribution < 1.29 is 4.42 Å². The van der Waals surface area contributed by atoms with Gasteiger partial charge in [-0.2, -0.15) is 0 Å². The highest BCUT2D eigenvalue weighted by Gasteiger charge is 2.10. The van der Waals surface area contributed by atoms with Gasteiger partial charge in [0.1, 0.15) is 5.76 Å². The minimum absolute atomic E-state index is 0.600. The van der Waals surface area contributed by atoms with Crippen LogP contribution < -0.4 is 5.32 Å². The van der Waals surface area contributed by atoms with Gasteiger partial charge in [-0.3, -0.25) is 4.90 Å². The van der Waals surface area contributed by atoms with Gasteiger partial charge in [0.15, 0.2) is 0 Å². The van der Waals surface area contributed by atoms with Crippen molar-refractivity contribution in [1.29, 1.82) is 0 Å². The maximum Gasteiger partial charge on any atom is 0.117 e. The zero-order valence-corrected chi connectivity index (χ0v) is 11.4. The van der Waals surface area contributed by atoms with Gasteiger partial charge in [-0.1, -0.05) is 6.92 Å².